The number of hydrogen-bond donors (Lipinski definition) is 1. The van der Waals surface area contributed by atoms with Crippen LogP contribution in [0.4, 0.5) is 19.0 Å². The Morgan fingerprint density at radius 2 is 2.11 bits per heavy atom. The Morgan fingerprint density at radius 3 is 2.58 bits per heavy atom. The SMILES string of the molecule is CCOC(=O)CC(C)Nc1ccc(C(F)(F)F)nn1. The maximum absolute atomic E-state index is 12.3. The standard InChI is InChI=1S/C11H14F3N3O2/c1-3-19-10(18)6-7(2)15-9-5-4-8(16-17-9)11(12,13)14/h4-5,7H,3,6H2,1-2H3,(H,15,17). The summed E-state index contributed by atoms with van der Waals surface area (Å²) in [5.74, 6) is -0.216. The Labute approximate surface area is 108 Å². The van der Waals surface area contributed by atoms with Crippen LogP contribution in [0.15, 0.2) is 12.1 Å². The Bertz CT molecular complexity index is 420. The van der Waals surface area contributed by atoms with Gasteiger partial charge in [0.15, 0.2) is 5.69 Å². The summed E-state index contributed by atoms with van der Waals surface area (Å²) in [6.07, 6.45) is -4.42. The molecule has 0 amide bonds. The van der Waals surface area contributed by atoms with Crippen molar-refractivity contribution in [3.63, 3.8) is 0 Å². The lowest BCUT2D eigenvalue weighted by atomic mass is 10.2. The van der Waals surface area contributed by atoms with Crippen molar-refractivity contribution in [3.05, 3.63) is 17.8 Å². The van der Waals surface area contributed by atoms with Crippen LogP contribution < -0.4 is 5.32 Å². The molecule has 106 valence electrons. The molecule has 1 unspecified atom stereocenters. The van der Waals surface area contributed by atoms with E-state index in [1.807, 2.05) is 0 Å². The van der Waals surface area contributed by atoms with Gasteiger partial charge >= 0.3 is 12.1 Å². The number of carbonyl (C=O) groups is 1. The van der Waals surface area contributed by atoms with Gasteiger partial charge in [0.25, 0.3) is 0 Å². The first-order valence-corrected chi connectivity index (χ1v) is 5.66. The minimum Gasteiger partial charge on any atom is -0.466 e. The zero-order chi connectivity index (χ0) is 14.5. The average Bonchev–Trinajstić information content (AvgIpc) is 2.28. The number of esters is 1. The number of halogens is 3. The van der Waals surface area contributed by atoms with Crippen molar-refractivity contribution in [3.8, 4) is 0 Å². The molecule has 1 aromatic heterocycles. The van der Waals surface area contributed by atoms with Gasteiger partial charge in [-0.2, -0.15) is 13.2 Å². The number of aromatic nitrogens is 2. The highest BCUT2D eigenvalue weighted by molar-refractivity contribution is 5.70. The van der Waals surface area contributed by atoms with E-state index in [4.69, 9.17) is 4.74 Å². The summed E-state index contributed by atoms with van der Waals surface area (Å²) in [6, 6.07) is 1.68. The fourth-order valence-electron chi connectivity index (χ4n) is 1.33. The van der Waals surface area contributed by atoms with E-state index >= 15 is 0 Å². The molecule has 1 N–H and O–H groups in total. The van der Waals surface area contributed by atoms with E-state index in [9.17, 15) is 18.0 Å². The van der Waals surface area contributed by atoms with Crippen LogP contribution in [-0.2, 0) is 15.7 Å². The molecule has 0 aromatic carbocycles. The molecule has 0 spiro atoms. The summed E-state index contributed by atoms with van der Waals surface area (Å²) in [4.78, 5) is 11.2. The van der Waals surface area contributed by atoms with Gasteiger partial charge in [0.05, 0.1) is 13.0 Å². The molecule has 1 aromatic rings. The van der Waals surface area contributed by atoms with E-state index in [1.165, 1.54) is 0 Å². The maximum atomic E-state index is 12.3. The van der Waals surface area contributed by atoms with E-state index in [0.29, 0.717) is 0 Å². The predicted octanol–water partition coefficient (Wildman–Crippen LogP) is 2.25. The smallest absolute Gasteiger partial charge is 0.435 e. The molecule has 0 bridgehead atoms. The quantitative estimate of drug-likeness (QED) is 0.836. The number of nitrogens with one attached hydrogen (secondary N) is 1. The lowest BCUT2D eigenvalue weighted by Crippen LogP contribution is -2.22. The summed E-state index contributed by atoms with van der Waals surface area (Å²) < 4.78 is 41.5. The van der Waals surface area contributed by atoms with Crippen LogP contribution in [-0.4, -0.2) is 28.8 Å². The van der Waals surface area contributed by atoms with Crippen LogP contribution in [0, 0.1) is 0 Å². The third-order valence-corrected chi connectivity index (χ3v) is 2.13. The van der Waals surface area contributed by atoms with Gasteiger partial charge in [0, 0.05) is 6.04 Å². The normalized spacial score (nSPS) is 12.9. The van der Waals surface area contributed by atoms with Gasteiger partial charge in [0.2, 0.25) is 0 Å². The van der Waals surface area contributed by atoms with Gasteiger partial charge in [-0.05, 0) is 26.0 Å². The molecular weight excluding hydrogens is 263 g/mol. The highest BCUT2D eigenvalue weighted by atomic mass is 19.4. The Kier molecular flexibility index (Phi) is 5.08. The first-order chi connectivity index (χ1) is 8.82. The van der Waals surface area contributed by atoms with E-state index < -0.39 is 11.9 Å². The van der Waals surface area contributed by atoms with Gasteiger partial charge < -0.3 is 10.1 Å². The van der Waals surface area contributed by atoms with Crippen LogP contribution in [0.25, 0.3) is 0 Å². The first kappa shape index (κ1) is 15.2. The second kappa shape index (κ2) is 6.35. The minimum atomic E-state index is -4.51. The lowest BCUT2D eigenvalue weighted by Gasteiger charge is -2.13. The summed E-state index contributed by atoms with van der Waals surface area (Å²) in [5, 5.41) is 9.24. The van der Waals surface area contributed by atoms with Gasteiger partial charge in [-0.3, -0.25) is 4.79 Å². The molecule has 0 aliphatic heterocycles. The fourth-order valence-corrected chi connectivity index (χ4v) is 1.33. The van der Waals surface area contributed by atoms with Gasteiger partial charge in [-0.1, -0.05) is 0 Å². The lowest BCUT2D eigenvalue weighted by molar-refractivity contribution is -0.143. The van der Waals surface area contributed by atoms with Crippen LogP contribution in [0.2, 0.25) is 0 Å². The summed E-state index contributed by atoms with van der Waals surface area (Å²) >= 11 is 0. The zero-order valence-electron chi connectivity index (χ0n) is 10.5. The number of carbonyl (C=O) groups excluding carboxylic acids is 1. The number of alkyl halides is 3. The number of hydrogen-bond acceptors (Lipinski definition) is 5. The van der Waals surface area contributed by atoms with Crippen LogP contribution >= 0.6 is 0 Å². The number of rotatable bonds is 5. The monoisotopic (exact) mass is 277 g/mol. The molecule has 1 rings (SSSR count). The molecule has 19 heavy (non-hydrogen) atoms. The summed E-state index contributed by atoms with van der Waals surface area (Å²) in [7, 11) is 0. The molecule has 8 heteroatoms. The van der Waals surface area contributed by atoms with Crippen LogP contribution in [0.3, 0.4) is 0 Å². The average molecular weight is 277 g/mol. The Hall–Kier alpha value is -1.86. The van der Waals surface area contributed by atoms with Crippen LogP contribution in [0.5, 0.6) is 0 Å². The van der Waals surface area contributed by atoms with Gasteiger partial charge in [-0.15, -0.1) is 10.2 Å². The second-order valence-corrected chi connectivity index (χ2v) is 3.86. The molecule has 0 radical (unpaired) electrons. The van der Waals surface area contributed by atoms with Crippen molar-refractivity contribution in [2.45, 2.75) is 32.5 Å². The van der Waals surface area contributed by atoms with Crippen LogP contribution in [0.1, 0.15) is 26.0 Å². The molecule has 0 saturated heterocycles. The van der Waals surface area contributed by atoms with Gasteiger partial charge in [-0.25, -0.2) is 0 Å². The number of ether oxygens (including phenoxy) is 1. The van der Waals surface area contributed by atoms with E-state index in [1.54, 1.807) is 13.8 Å². The largest absolute Gasteiger partial charge is 0.466 e. The van der Waals surface area contributed by atoms with Gasteiger partial charge in [0.1, 0.15) is 5.82 Å². The first-order valence-electron chi connectivity index (χ1n) is 5.66. The fraction of sp³-hybridized carbons (Fsp3) is 0.545. The third-order valence-electron chi connectivity index (χ3n) is 2.13. The van der Waals surface area contributed by atoms with Crippen molar-refractivity contribution in [1.29, 1.82) is 0 Å². The zero-order valence-corrected chi connectivity index (χ0v) is 10.5. The Balaban J connectivity index is 2.56. The molecular formula is C11H14F3N3O2. The number of anilines is 1. The van der Waals surface area contributed by atoms with E-state index in [0.717, 1.165) is 12.1 Å². The number of nitrogens with zero attached hydrogens (tertiary/aromatic N) is 2. The summed E-state index contributed by atoms with van der Waals surface area (Å²) in [5.41, 5.74) is -1.06. The van der Waals surface area contributed by atoms with Crippen molar-refractivity contribution >= 4 is 11.8 Å². The van der Waals surface area contributed by atoms with E-state index in [-0.39, 0.29) is 30.9 Å². The maximum Gasteiger partial charge on any atom is 0.435 e. The molecule has 0 fully saturated rings. The van der Waals surface area contributed by atoms with Crippen molar-refractivity contribution < 1.29 is 22.7 Å². The molecule has 0 saturated carbocycles. The third kappa shape index (κ3) is 5.11. The molecule has 0 aliphatic rings. The molecule has 1 atom stereocenters. The molecule has 0 aliphatic carbocycles. The minimum absolute atomic E-state index is 0.0938. The molecule has 1 heterocycles. The van der Waals surface area contributed by atoms with Crippen molar-refractivity contribution in [2.24, 2.45) is 0 Å². The Morgan fingerprint density at radius 1 is 1.42 bits per heavy atom. The summed E-state index contributed by atoms with van der Waals surface area (Å²) in [6.45, 7) is 3.67. The van der Waals surface area contributed by atoms with Crippen molar-refractivity contribution in [2.75, 3.05) is 11.9 Å². The highest BCUT2D eigenvalue weighted by Gasteiger charge is 2.32. The topological polar surface area (TPSA) is 64.1 Å². The molecule has 5 nitrogen and oxygen atoms in total. The van der Waals surface area contributed by atoms with E-state index in [2.05, 4.69) is 15.5 Å². The highest BCUT2D eigenvalue weighted by Crippen LogP contribution is 2.27. The van der Waals surface area contributed by atoms with Crippen molar-refractivity contribution in [1.82, 2.24) is 10.2 Å². The predicted molar refractivity (Wildman–Crippen MR) is 61.4 cm³/mol. The second-order valence-electron chi connectivity index (χ2n) is 3.86.